The molecule has 1 aromatic heterocycles. The lowest BCUT2D eigenvalue weighted by Crippen LogP contribution is -2.61. The van der Waals surface area contributed by atoms with Crippen LogP contribution in [0.3, 0.4) is 0 Å². The number of thiophene rings is 1. The van der Waals surface area contributed by atoms with Gasteiger partial charge in [0.25, 0.3) is 6.71 Å². The molecule has 2 nitrogen and oxygen atoms in total. The quantitative estimate of drug-likeness (QED) is 0.151. The van der Waals surface area contributed by atoms with Gasteiger partial charge in [-0.25, -0.2) is 0 Å². The summed E-state index contributed by atoms with van der Waals surface area (Å²) in [5, 5.41) is 2.85. The Bertz CT molecular complexity index is 3790. The summed E-state index contributed by atoms with van der Waals surface area (Å²) in [5.41, 5.74) is 29.2. The van der Waals surface area contributed by atoms with Gasteiger partial charge in [0.2, 0.25) is 0 Å². The second kappa shape index (κ2) is 15.7. The molecular formula is C74H87BN2S. The van der Waals surface area contributed by atoms with E-state index in [0.29, 0.717) is 0 Å². The highest BCUT2D eigenvalue weighted by Crippen LogP contribution is 2.60. The van der Waals surface area contributed by atoms with Gasteiger partial charge in [0.1, 0.15) is 0 Å². The Kier molecular flexibility index (Phi) is 10.3. The van der Waals surface area contributed by atoms with Crippen LogP contribution in [0.4, 0.5) is 33.4 Å². The van der Waals surface area contributed by atoms with E-state index in [9.17, 15) is 0 Å². The molecule has 4 aliphatic carbocycles. The third kappa shape index (κ3) is 7.05. The van der Waals surface area contributed by atoms with E-state index in [4.69, 9.17) is 0 Å². The van der Waals surface area contributed by atoms with Crippen LogP contribution in [-0.4, -0.2) is 6.71 Å². The Morgan fingerprint density at radius 1 is 0.436 bits per heavy atom. The molecule has 402 valence electrons. The van der Waals surface area contributed by atoms with E-state index in [-0.39, 0.29) is 55.4 Å². The molecule has 4 aliphatic heterocycles. The monoisotopic (exact) mass is 1050 g/mol. The average Bonchev–Trinajstić information content (AvgIpc) is 3.47. The molecule has 2 unspecified atom stereocenters. The highest BCUT2D eigenvalue weighted by Gasteiger charge is 2.52. The summed E-state index contributed by atoms with van der Waals surface area (Å²) >= 11 is 2.08. The van der Waals surface area contributed by atoms with Gasteiger partial charge in [-0.3, -0.25) is 0 Å². The van der Waals surface area contributed by atoms with Crippen molar-refractivity contribution >= 4 is 78.0 Å². The highest BCUT2D eigenvalue weighted by molar-refractivity contribution is 7.26. The van der Waals surface area contributed by atoms with Gasteiger partial charge < -0.3 is 9.80 Å². The van der Waals surface area contributed by atoms with Crippen molar-refractivity contribution in [1.29, 1.82) is 0 Å². The molecule has 7 aromatic rings. The molecule has 5 heterocycles. The van der Waals surface area contributed by atoms with E-state index in [1.165, 1.54) is 150 Å². The van der Waals surface area contributed by atoms with Crippen LogP contribution in [0.5, 0.6) is 0 Å². The molecule has 4 heteroatoms. The number of hydrogen-bond acceptors (Lipinski definition) is 3. The van der Waals surface area contributed by atoms with Gasteiger partial charge in [0.05, 0.1) is 10.7 Å². The standard InChI is InChI=1S/C74H87BN2S/c1-43-33-60-64-61(34-43)77-58-24-20-45(66(2,3)4)36-47(58)44-19-22-50-51(35-44)71(13,14)29-31-73(50,17)42-74(18)32-30-72(15,16)53-38-48-62(41-56(53)74)78-65(77)63(48)75(64)57-39-54-55(70(11,12)28-27-69(54,9)10)40-59(57)76(60)46-21-23-49-52(37-46)68(7,8)26-25-67(49,5)6/h19-24,33-41H,25-32,42H2,1-18H3. The van der Waals surface area contributed by atoms with Gasteiger partial charge in [-0.05, 0) is 251 Å². The SMILES string of the molecule is Cc1cc2c3c(c1)N1c4ccc(C(C)(C)C)cc4-c4ccc5c(c4)C(C)(C)CCC5(C)CC4(C)CCC(C)(C)c5cc6c(c1sc6cc54)B3c1cc3c(cc1N2c1ccc2c(c1)C(C)(C)CCC2(C)C)C(C)(C)CCC3(C)C. The molecule has 0 N–H and O–H groups in total. The molecule has 0 spiro atoms. The van der Waals surface area contributed by atoms with Gasteiger partial charge in [0, 0.05) is 33.0 Å². The van der Waals surface area contributed by atoms with Crippen LogP contribution in [0.2, 0.25) is 0 Å². The van der Waals surface area contributed by atoms with E-state index >= 15 is 0 Å². The number of rotatable bonds is 1. The maximum absolute atomic E-state index is 2.80. The zero-order chi connectivity index (χ0) is 55.2. The zero-order valence-corrected chi connectivity index (χ0v) is 51.7. The average molecular weight is 1050 g/mol. The first-order valence-electron chi connectivity index (χ1n) is 30.3. The van der Waals surface area contributed by atoms with Crippen LogP contribution >= 0.6 is 11.3 Å². The van der Waals surface area contributed by atoms with Crippen molar-refractivity contribution in [3.05, 3.63) is 147 Å². The minimum absolute atomic E-state index is 0.0292. The first-order valence-corrected chi connectivity index (χ1v) is 31.1. The molecule has 6 aromatic carbocycles. The van der Waals surface area contributed by atoms with Gasteiger partial charge in [-0.15, -0.1) is 11.3 Å². The Balaban J connectivity index is 1.15. The lowest BCUT2D eigenvalue weighted by atomic mass is 9.33. The van der Waals surface area contributed by atoms with Crippen LogP contribution in [0.25, 0.3) is 21.2 Å². The summed E-state index contributed by atoms with van der Waals surface area (Å²) < 4.78 is 1.44. The fourth-order valence-corrected chi connectivity index (χ4v) is 18.5. The molecule has 0 saturated heterocycles. The van der Waals surface area contributed by atoms with E-state index in [0.717, 1.165) is 6.42 Å². The molecule has 8 aliphatic rings. The fourth-order valence-electron chi connectivity index (χ4n) is 17.2. The topological polar surface area (TPSA) is 6.48 Å². The number of fused-ring (bicyclic) bond motifs is 7. The van der Waals surface area contributed by atoms with Crippen molar-refractivity contribution in [1.82, 2.24) is 0 Å². The minimum Gasteiger partial charge on any atom is -0.311 e. The minimum atomic E-state index is -0.0292. The molecule has 0 amide bonds. The third-order valence-electron chi connectivity index (χ3n) is 22.6. The summed E-state index contributed by atoms with van der Waals surface area (Å²) in [4.78, 5) is 5.56. The highest BCUT2D eigenvalue weighted by atomic mass is 32.1. The molecule has 7 bridgehead atoms. The summed E-state index contributed by atoms with van der Waals surface area (Å²) in [6.07, 6.45) is 10.7. The van der Waals surface area contributed by atoms with Crippen molar-refractivity contribution in [3.8, 4) is 11.1 Å². The van der Waals surface area contributed by atoms with Crippen LogP contribution in [0.1, 0.15) is 231 Å². The van der Waals surface area contributed by atoms with E-state index in [1.807, 2.05) is 0 Å². The number of benzene rings is 6. The first kappa shape index (κ1) is 51.1. The summed E-state index contributed by atoms with van der Waals surface area (Å²) in [6, 6.07) is 39.2. The second-order valence-corrected chi connectivity index (χ2v) is 33.1. The largest absolute Gasteiger partial charge is 0.311 e. The zero-order valence-electron chi connectivity index (χ0n) is 50.9. The van der Waals surface area contributed by atoms with Gasteiger partial charge in [-0.1, -0.05) is 154 Å². The maximum atomic E-state index is 2.80. The van der Waals surface area contributed by atoms with Gasteiger partial charge in [0.15, 0.2) is 0 Å². The van der Waals surface area contributed by atoms with Gasteiger partial charge >= 0.3 is 0 Å². The van der Waals surface area contributed by atoms with Crippen LogP contribution < -0.4 is 26.2 Å². The molecule has 2 atom stereocenters. The Morgan fingerprint density at radius 3 is 1.59 bits per heavy atom. The maximum Gasteiger partial charge on any atom is 0.254 e. The molecule has 15 rings (SSSR count). The van der Waals surface area contributed by atoms with Crippen molar-refractivity contribution in [2.24, 2.45) is 0 Å². The lowest BCUT2D eigenvalue weighted by Gasteiger charge is -2.51. The first-order chi connectivity index (χ1) is 36.3. The molecule has 0 saturated carbocycles. The summed E-state index contributed by atoms with van der Waals surface area (Å²) in [7, 11) is 0. The van der Waals surface area contributed by atoms with Crippen molar-refractivity contribution in [3.63, 3.8) is 0 Å². The number of nitrogens with zero attached hydrogens (tertiary/aromatic N) is 2. The molecule has 0 fully saturated rings. The Morgan fingerprint density at radius 2 is 0.962 bits per heavy atom. The number of aryl methyl sites for hydroxylation is 1. The smallest absolute Gasteiger partial charge is 0.254 e. The van der Waals surface area contributed by atoms with Crippen LogP contribution in [0, 0.1) is 6.92 Å². The lowest BCUT2D eigenvalue weighted by molar-refractivity contribution is 0.208. The van der Waals surface area contributed by atoms with Crippen LogP contribution in [-0.2, 0) is 48.7 Å². The van der Waals surface area contributed by atoms with Crippen molar-refractivity contribution < 1.29 is 0 Å². The predicted molar refractivity (Wildman–Crippen MR) is 339 cm³/mol. The third-order valence-corrected chi connectivity index (χ3v) is 23.8. The predicted octanol–water partition coefficient (Wildman–Crippen LogP) is 19.0. The van der Waals surface area contributed by atoms with E-state index in [1.54, 1.807) is 27.8 Å². The Labute approximate surface area is 473 Å². The molecular weight excluding hydrogens is 960 g/mol. The number of anilines is 6. The van der Waals surface area contributed by atoms with Crippen molar-refractivity contribution in [2.45, 2.75) is 231 Å². The second-order valence-electron chi connectivity index (χ2n) is 32.1. The normalized spacial score (nSPS) is 24.7. The molecule has 0 radical (unpaired) electrons. The van der Waals surface area contributed by atoms with E-state index in [2.05, 4.69) is 237 Å². The fraction of sp³-hybridized carbons (Fsp3) is 0.486. The summed E-state index contributed by atoms with van der Waals surface area (Å²) in [6.45, 7) is 45.1. The Hall–Kier alpha value is -5.06. The van der Waals surface area contributed by atoms with Crippen molar-refractivity contribution in [2.75, 3.05) is 9.80 Å². The van der Waals surface area contributed by atoms with Crippen LogP contribution in [0.15, 0.2) is 91.0 Å². The molecule has 78 heavy (non-hydrogen) atoms. The van der Waals surface area contributed by atoms with E-state index < -0.39 is 0 Å². The van der Waals surface area contributed by atoms with Gasteiger partial charge in [-0.2, -0.15) is 0 Å². The number of hydrogen-bond donors (Lipinski definition) is 0. The summed E-state index contributed by atoms with van der Waals surface area (Å²) in [5.74, 6) is 0.